The molecule has 1 amide bonds. The van der Waals surface area contributed by atoms with Gasteiger partial charge in [-0.1, -0.05) is 18.2 Å². The third-order valence-electron chi connectivity index (χ3n) is 5.09. The molecule has 2 fully saturated rings. The highest BCUT2D eigenvalue weighted by molar-refractivity contribution is 5.92. The number of ether oxygens (including phenoxy) is 2. The molecular formula is C22H26N2O3. The van der Waals surface area contributed by atoms with E-state index < -0.39 is 0 Å². The average Bonchev–Trinajstić information content (AvgIpc) is 3.57. The van der Waals surface area contributed by atoms with Gasteiger partial charge in [-0.3, -0.25) is 9.78 Å². The highest BCUT2D eigenvalue weighted by atomic mass is 16.5. The lowest BCUT2D eigenvalue weighted by Gasteiger charge is -2.24. The minimum absolute atomic E-state index is 0.0000250. The summed E-state index contributed by atoms with van der Waals surface area (Å²) in [6.07, 6.45) is 7.40. The van der Waals surface area contributed by atoms with E-state index in [0.717, 1.165) is 43.6 Å². The van der Waals surface area contributed by atoms with E-state index in [0.29, 0.717) is 24.9 Å². The van der Waals surface area contributed by atoms with Gasteiger partial charge >= 0.3 is 0 Å². The molecule has 1 saturated carbocycles. The van der Waals surface area contributed by atoms with Crippen LogP contribution in [0, 0.1) is 0 Å². The summed E-state index contributed by atoms with van der Waals surface area (Å²) in [5.41, 5.74) is 1.58. The van der Waals surface area contributed by atoms with Crippen LogP contribution >= 0.6 is 0 Å². The molecule has 1 saturated heterocycles. The Labute approximate surface area is 160 Å². The van der Waals surface area contributed by atoms with E-state index in [9.17, 15) is 4.79 Å². The van der Waals surface area contributed by atoms with Crippen LogP contribution in [0.2, 0.25) is 0 Å². The van der Waals surface area contributed by atoms with E-state index in [1.54, 1.807) is 12.3 Å². The summed E-state index contributed by atoms with van der Waals surface area (Å²) < 4.78 is 11.7. The van der Waals surface area contributed by atoms with Gasteiger partial charge in [-0.25, -0.2) is 0 Å². The zero-order chi connectivity index (χ0) is 18.5. The summed E-state index contributed by atoms with van der Waals surface area (Å²) in [4.78, 5) is 19.0. The van der Waals surface area contributed by atoms with Crippen molar-refractivity contribution in [3.05, 3.63) is 59.9 Å². The second kappa shape index (κ2) is 8.53. The van der Waals surface area contributed by atoms with Crippen LogP contribution < -0.4 is 4.74 Å². The summed E-state index contributed by atoms with van der Waals surface area (Å²) in [6, 6.07) is 13.8. The number of benzene rings is 1. The summed E-state index contributed by atoms with van der Waals surface area (Å²) in [5.74, 6) is 0.836. The van der Waals surface area contributed by atoms with Crippen molar-refractivity contribution in [2.45, 2.75) is 50.8 Å². The van der Waals surface area contributed by atoms with E-state index in [4.69, 9.17) is 9.47 Å². The predicted octanol–water partition coefficient (Wildman–Crippen LogP) is 3.83. The molecule has 1 atom stereocenters. The molecule has 1 unspecified atom stereocenters. The maximum absolute atomic E-state index is 12.9. The summed E-state index contributed by atoms with van der Waals surface area (Å²) in [7, 11) is 0. The normalized spacial score (nSPS) is 19.5. The maximum atomic E-state index is 12.9. The lowest BCUT2D eigenvalue weighted by Crippen LogP contribution is -2.33. The Balaban J connectivity index is 1.40. The Morgan fingerprint density at radius 2 is 2.07 bits per heavy atom. The minimum Gasteiger partial charge on any atom is -0.491 e. The number of hydrogen-bond acceptors (Lipinski definition) is 4. The first-order chi connectivity index (χ1) is 13.3. The monoisotopic (exact) mass is 366 g/mol. The van der Waals surface area contributed by atoms with Crippen molar-refractivity contribution in [1.29, 1.82) is 0 Å². The number of hydrogen-bond donors (Lipinski definition) is 0. The van der Waals surface area contributed by atoms with Gasteiger partial charge in [0.25, 0.3) is 5.91 Å². The summed E-state index contributed by atoms with van der Waals surface area (Å²) >= 11 is 0. The van der Waals surface area contributed by atoms with Gasteiger partial charge < -0.3 is 14.4 Å². The van der Waals surface area contributed by atoms with Gasteiger partial charge in [0.1, 0.15) is 18.1 Å². The Bertz CT molecular complexity index is 755. The third-order valence-corrected chi connectivity index (χ3v) is 5.09. The van der Waals surface area contributed by atoms with Crippen molar-refractivity contribution in [3.63, 3.8) is 0 Å². The Morgan fingerprint density at radius 1 is 1.15 bits per heavy atom. The average molecular weight is 366 g/mol. The molecule has 0 bridgehead atoms. The minimum atomic E-state index is 0.0000250. The van der Waals surface area contributed by atoms with Crippen molar-refractivity contribution >= 4 is 5.91 Å². The molecule has 1 aromatic heterocycles. The van der Waals surface area contributed by atoms with Crippen LogP contribution in [0.4, 0.5) is 0 Å². The summed E-state index contributed by atoms with van der Waals surface area (Å²) in [5, 5.41) is 0. The Morgan fingerprint density at radius 3 is 2.81 bits per heavy atom. The van der Waals surface area contributed by atoms with Crippen molar-refractivity contribution in [3.8, 4) is 5.75 Å². The number of carbonyl (C=O) groups excluding carboxylic acids is 1. The van der Waals surface area contributed by atoms with Crippen molar-refractivity contribution < 1.29 is 14.3 Å². The standard InChI is InChI=1S/C22H26N2O3/c25-22(21-9-1-3-12-23-21)24(18-10-11-18)15-17-6-5-8-19(14-17)27-16-20-7-2-4-13-26-20/h1,3,5-6,8-9,12,14,18,20H,2,4,7,10-11,13,15-16H2. The van der Waals surface area contributed by atoms with E-state index >= 15 is 0 Å². The quantitative estimate of drug-likeness (QED) is 0.747. The van der Waals surface area contributed by atoms with Crippen LogP contribution in [-0.2, 0) is 11.3 Å². The first-order valence-electron chi connectivity index (χ1n) is 9.85. The molecule has 4 rings (SSSR count). The molecule has 1 aromatic carbocycles. The molecule has 142 valence electrons. The molecule has 0 radical (unpaired) electrons. The van der Waals surface area contributed by atoms with Gasteiger partial charge in [0, 0.05) is 25.4 Å². The number of nitrogens with zero attached hydrogens (tertiary/aromatic N) is 2. The molecule has 1 aliphatic heterocycles. The molecule has 0 N–H and O–H groups in total. The molecule has 2 aliphatic rings. The Hall–Kier alpha value is -2.40. The molecule has 5 nitrogen and oxygen atoms in total. The van der Waals surface area contributed by atoms with E-state index in [-0.39, 0.29) is 12.0 Å². The van der Waals surface area contributed by atoms with Crippen LogP contribution in [0.25, 0.3) is 0 Å². The number of carbonyl (C=O) groups is 1. The first kappa shape index (κ1) is 18.0. The maximum Gasteiger partial charge on any atom is 0.272 e. The lowest BCUT2D eigenvalue weighted by atomic mass is 10.1. The topological polar surface area (TPSA) is 51.7 Å². The Kier molecular flexibility index (Phi) is 5.68. The van der Waals surface area contributed by atoms with Gasteiger partial charge in [0.2, 0.25) is 0 Å². The number of aromatic nitrogens is 1. The number of pyridine rings is 1. The van der Waals surface area contributed by atoms with Crippen LogP contribution in [0.3, 0.4) is 0 Å². The number of amides is 1. The first-order valence-corrected chi connectivity index (χ1v) is 9.85. The van der Waals surface area contributed by atoms with Gasteiger partial charge in [0.05, 0.1) is 6.10 Å². The molecule has 5 heteroatoms. The van der Waals surface area contributed by atoms with Crippen LogP contribution in [0.5, 0.6) is 5.75 Å². The van der Waals surface area contributed by atoms with Gasteiger partial charge in [-0.2, -0.15) is 0 Å². The third kappa shape index (κ3) is 4.86. The fourth-order valence-electron chi connectivity index (χ4n) is 3.45. The molecule has 0 spiro atoms. The lowest BCUT2D eigenvalue weighted by molar-refractivity contribution is -0.0110. The van der Waals surface area contributed by atoms with Crippen molar-refractivity contribution in [1.82, 2.24) is 9.88 Å². The van der Waals surface area contributed by atoms with E-state index in [1.165, 1.54) is 6.42 Å². The molecule has 1 aliphatic carbocycles. The predicted molar refractivity (Wildman–Crippen MR) is 103 cm³/mol. The smallest absolute Gasteiger partial charge is 0.272 e. The molecule has 27 heavy (non-hydrogen) atoms. The fraction of sp³-hybridized carbons (Fsp3) is 0.455. The highest BCUT2D eigenvalue weighted by Gasteiger charge is 2.33. The van der Waals surface area contributed by atoms with E-state index in [1.807, 2.05) is 41.3 Å². The zero-order valence-corrected chi connectivity index (χ0v) is 15.5. The summed E-state index contributed by atoms with van der Waals surface area (Å²) in [6.45, 7) is 2.00. The molecular weight excluding hydrogens is 340 g/mol. The van der Waals surface area contributed by atoms with Crippen LogP contribution in [-0.4, -0.2) is 41.2 Å². The second-order valence-electron chi connectivity index (χ2n) is 7.33. The highest BCUT2D eigenvalue weighted by Crippen LogP contribution is 2.30. The zero-order valence-electron chi connectivity index (χ0n) is 15.5. The van der Waals surface area contributed by atoms with Gasteiger partial charge in [-0.05, 0) is 61.9 Å². The van der Waals surface area contributed by atoms with Gasteiger partial charge in [-0.15, -0.1) is 0 Å². The second-order valence-corrected chi connectivity index (χ2v) is 7.33. The molecule has 2 heterocycles. The largest absolute Gasteiger partial charge is 0.491 e. The van der Waals surface area contributed by atoms with Crippen LogP contribution in [0.1, 0.15) is 48.2 Å². The van der Waals surface area contributed by atoms with E-state index in [2.05, 4.69) is 4.98 Å². The molecule has 2 aromatic rings. The SMILES string of the molecule is O=C(c1ccccn1)N(Cc1cccc(OCC2CCCCO2)c1)C1CC1. The van der Waals surface area contributed by atoms with Gasteiger partial charge in [0.15, 0.2) is 0 Å². The fourth-order valence-corrected chi connectivity index (χ4v) is 3.45. The van der Waals surface area contributed by atoms with Crippen molar-refractivity contribution in [2.75, 3.05) is 13.2 Å². The number of rotatable bonds is 7. The van der Waals surface area contributed by atoms with Crippen molar-refractivity contribution in [2.24, 2.45) is 0 Å². The van der Waals surface area contributed by atoms with Crippen LogP contribution in [0.15, 0.2) is 48.7 Å².